The molecular weight excluding hydrogens is 731 g/mol. The van der Waals surface area contributed by atoms with Gasteiger partial charge in [-0.2, -0.15) is 0 Å². The molecule has 6 rings (SSSR count). The molecule has 4 atom stereocenters. The van der Waals surface area contributed by atoms with Crippen molar-refractivity contribution < 1.29 is 15.6 Å². The van der Waals surface area contributed by atoms with E-state index in [1.54, 1.807) is 0 Å². The molecule has 4 heteroatoms. The zero-order chi connectivity index (χ0) is 35.1. The summed E-state index contributed by atoms with van der Waals surface area (Å²) in [5, 5.41) is 0. The molecule has 2 aliphatic rings. The summed E-state index contributed by atoms with van der Waals surface area (Å²) in [6.45, 7) is 18.6. The standard InChI is InChI=1S/C21H23.C20H21.C4H11Si.2ClH.Zr/c1-4-15(3)17-9-11-18(12-10-17)20-8-6-7-19-13-16(5-2)14-21(19)20;1-4-15(3)16-8-10-17(11-9-16)19-7-5-6-18-12-14(2)13-20(18)19;1-3-5-4-2;;;/h6-15H,4-5H2,1-3H3;5-13,15H,4H2,1-3H3;5H,3-4H2,1-2H3;2*1H;/q;;;;;+2/p-2. The Morgan fingerprint density at radius 2 is 1.06 bits per heavy atom. The molecule has 49 heavy (non-hydrogen) atoms. The minimum absolute atomic E-state index is 0.111. The van der Waals surface area contributed by atoms with Crippen molar-refractivity contribution in [3.05, 3.63) is 129 Å². The number of hydrogen-bond donors (Lipinski definition) is 0. The molecule has 0 heterocycles. The first-order chi connectivity index (χ1) is 23.5. The van der Waals surface area contributed by atoms with Crippen molar-refractivity contribution in [3.63, 3.8) is 0 Å². The predicted molar refractivity (Wildman–Crippen MR) is 218 cm³/mol. The van der Waals surface area contributed by atoms with Gasteiger partial charge in [0.1, 0.15) is 0 Å². The number of halogens is 2. The average Bonchev–Trinajstić information content (AvgIpc) is 3.70. The molecule has 257 valence electrons. The van der Waals surface area contributed by atoms with Crippen molar-refractivity contribution in [2.75, 3.05) is 0 Å². The van der Waals surface area contributed by atoms with E-state index in [-0.39, 0.29) is 7.25 Å². The predicted octanol–water partition coefficient (Wildman–Crippen LogP) is 14.8. The summed E-state index contributed by atoms with van der Waals surface area (Å²) in [4.78, 5) is 0. The van der Waals surface area contributed by atoms with Crippen LogP contribution in [0.5, 0.6) is 0 Å². The van der Waals surface area contributed by atoms with Gasteiger partial charge < -0.3 is 0 Å². The third-order valence-electron chi connectivity index (χ3n) is 12.5. The van der Waals surface area contributed by atoms with Crippen LogP contribution in [-0.4, -0.2) is 5.92 Å². The number of rotatable bonds is 12. The number of hydrogen-bond acceptors (Lipinski definition) is 0. The van der Waals surface area contributed by atoms with E-state index in [2.05, 4.69) is 152 Å². The Hall–Kier alpha value is -1.96. The average molecular weight is 786 g/mol. The van der Waals surface area contributed by atoms with E-state index in [0.717, 1.165) is 31.4 Å². The van der Waals surface area contributed by atoms with Crippen LogP contribution in [0.15, 0.2) is 96.1 Å². The van der Waals surface area contributed by atoms with Crippen molar-refractivity contribution in [3.8, 4) is 22.3 Å². The Morgan fingerprint density at radius 1 is 0.612 bits per heavy atom. The first kappa shape index (κ1) is 36.8. The molecule has 0 aliphatic heterocycles. The van der Waals surface area contributed by atoms with Crippen LogP contribution in [-0.2, 0) is 15.6 Å². The molecule has 0 bridgehead atoms. The molecule has 0 spiro atoms. The quantitative estimate of drug-likeness (QED) is 0.126. The van der Waals surface area contributed by atoms with Crippen LogP contribution in [0.1, 0.15) is 127 Å². The van der Waals surface area contributed by atoms with Gasteiger partial charge in [0.15, 0.2) is 0 Å². The van der Waals surface area contributed by atoms with Gasteiger partial charge in [0, 0.05) is 0 Å². The minimum atomic E-state index is -4.85. The molecule has 0 amide bonds. The number of allylic oxidation sites excluding steroid dienone is 2. The summed E-state index contributed by atoms with van der Waals surface area (Å²) in [5.74, 6) is -0.489. The molecule has 0 fully saturated rings. The Morgan fingerprint density at radius 3 is 1.49 bits per heavy atom. The second kappa shape index (κ2) is 14.6. The van der Waals surface area contributed by atoms with Crippen LogP contribution in [0.4, 0.5) is 0 Å². The van der Waals surface area contributed by atoms with Crippen molar-refractivity contribution in [1.82, 2.24) is 0 Å². The Kier molecular flexibility index (Phi) is 11.0. The Labute approximate surface area is 305 Å². The molecular formula is C45H55Cl2SiZr. The van der Waals surface area contributed by atoms with E-state index >= 15 is 0 Å². The van der Waals surface area contributed by atoms with Crippen molar-refractivity contribution in [2.24, 2.45) is 0 Å². The van der Waals surface area contributed by atoms with Crippen molar-refractivity contribution >= 4 is 35.1 Å². The topological polar surface area (TPSA) is 0 Å². The summed E-state index contributed by atoms with van der Waals surface area (Å²) < 4.78 is 0.235. The fraction of sp³-hybridized carbons (Fsp3) is 0.378. The molecule has 0 saturated heterocycles. The molecule has 4 aromatic carbocycles. The van der Waals surface area contributed by atoms with E-state index in [0.29, 0.717) is 11.8 Å². The van der Waals surface area contributed by atoms with Gasteiger partial charge in [0.05, 0.1) is 0 Å². The van der Waals surface area contributed by atoms with Crippen LogP contribution < -0.4 is 0 Å². The van der Waals surface area contributed by atoms with Gasteiger partial charge >= 0.3 is 308 Å². The first-order valence-corrected chi connectivity index (χ1v) is 34.6. The van der Waals surface area contributed by atoms with Crippen LogP contribution in [0.25, 0.3) is 34.4 Å². The van der Waals surface area contributed by atoms with Crippen LogP contribution >= 0.6 is 17.0 Å². The summed E-state index contributed by atoms with van der Waals surface area (Å²) in [5.41, 5.74) is 16.2. The summed E-state index contributed by atoms with van der Waals surface area (Å²) in [7, 11) is 17.6. The van der Waals surface area contributed by atoms with E-state index in [1.807, 2.05) is 0 Å². The van der Waals surface area contributed by atoms with Crippen molar-refractivity contribution in [1.29, 1.82) is 0 Å². The van der Waals surface area contributed by atoms with Gasteiger partial charge in [0.2, 0.25) is 0 Å². The SMILES string of the molecule is CCC1=Cc2c(-c3ccc(C(C)CC)cc3)cccc2[CH]1[Zr]([Cl])([Cl])([CH]1C(C)=Cc2c(-c3ccc(C(C)CC)cc3)cccc21)[SiH](CC)CC. The zero-order valence-electron chi connectivity index (χ0n) is 30.9. The van der Waals surface area contributed by atoms with Crippen LogP contribution in [0.3, 0.4) is 0 Å². The van der Waals surface area contributed by atoms with Gasteiger partial charge in [-0.3, -0.25) is 0 Å². The van der Waals surface area contributed by atoms with Crippen LogP contribution in [0.2, 0.25) is 12.1 Å². The third-order valence-corrected chi connectivity index (χ3v) is 62.6. The van der Waals surface area contributed by atoms with Gasteiger partial charge in [-0.25, -0.2) is 0 Å². The molecule has 0 radical (unpaired) electrons. The summed E-state index contributed by atoms with van der Waals surface area (Å²) in [6.07, 6.45) is 8.21. The maximum absolute atomic E-state index is 8.79. The van der Waals surface area contributed by atoms with E-state index in [9.17, 15) is 0 Å². The monoisotopic (exact) mass is 783 g/mol. The molecule has 4 unspecified atom stereocenters. The van der Waals surface area contributed by atoms with Gasteiger partial charge in [-0.1, -0.05) is 0 Å². The molecule has 0 saturated carbocycles. The van der Waals surface area contributed by atoms with E-state index < -0.39 is 21.5 Å². The number of fused-ring (bicyclic) bond motifs is 2. The van der Waals surface area contributed by atoms with Crippen LogP contribution in [0, 0.1) is 0 Å². The fourth-order valence-electron chi connectivity index (χ4n) is 9.37. The third kappa shape index (κ3) is 6.20. The second-order valence-corrected chi connectivity index (χ2v) is 55.8. The number of benzene rings is 4. The maximum atomic E-state index is 8.79. The normalized spacial score (nSPS) is 19.1. The molecule has 2 aliphatic carbocycles. The summed E-state index contributed by atoms with van der Waals surface area (Å²) in [6, 6.07) is 34.7. The van der Waals surface area contributed by atoms with Gasteiger partial charge in [0.25, 0.3) is 0 Å². The molecule has 0 aromatic heterocycles. The van der Waals surface area contributed by atoms with Gasteiger partial charge in [-0.15, -0.1) is 0 Å². The van der Waals surface area contributed by atoms with Gasteiger partial charge in [-0.05, 0) is 0 Å². The zero-order valence-corrected chi connectivity index (χ0v) is 36.0. The first-order valence-electron chi connectivity index (χ1n) is 18.9. The Bertz CT molecular complexity index is 1880. The molecule has 4 aromatic rings. The van der Waals surface area contributed by atoms with E-state index in [4.69, 9.17) is 17.0 Å². The summed E-state index contributed by atoms with van der Waals surface area (Å²) >= 11 is -4.85. The fourth-order valence-corrected chi connectivity index (χ4v) is 63.1. The second-order valence-electron chi connectivity index (χ2n) is 15.0. The van der Waals surface area contributed by atoms with Crippen molar-refractivity contribution in [2.45, 2.75) is 106 Å². The Balaban J connectivity index is 1.52. The molecule has 0 N–H and O–H groups in total. The van der Waals surface area contributed by atoms with E-state index in [1.165, 1.54) is 66.8 Å². The molecule has 0 nitrogen and oxygen atoms in total.